The van der Waals surface area contributed by atoms with Gasteiger partial charge >= 0.3 is 0 Å². The van der Waals surface area contributed by atoms with Crippen molar-refractivity contribution in [3.63, 3.8) is 0 Å². The number of ether oxygens (including phenoxy) is 4. The number of nitrogens with zero attached hydrogens (tertiary/aromatic N) is 7. The van der Waals surface area contributed by atoms with E-state index in [1.165, 1.54) is 160 Å². The molecule has 9 aromatic rings. The molecule has 4 amide bonds. The number of thiophene rings is 2. The van der Waals surface area contributed by atoms with Crippen molar-refractivity contribution in [1.29, 1.82) is 0 Å². The van der Waals surface area contributed by atoms with Gasteiger partial charge in [0.1, 0.15) is 16.7 Å². The molecule has 2 aliphatic heterocycles. The van der Waals surface area contributed by atoms with E-state index in [0.717, 1.165) is 169 Å². The van der Waals surface area contributed by atoms with Gasteiger partial charge in [-0.05, 0) is 106 Å². The molecule has 0 saturated heterocycles. The Morgan fingerprint density at radius 2 is 0.729 bits per heavy atom. The SMILES string of the molecule is CCCCCCCCCCOC(CN1C(=O)c2cnc3c4c(-c5cc(CCCC)c(-c6cnc(-c7sc(C)cc7CCCC)c7nsnc67)s5)cc5c6c(cnc(c7c(C)cc(c2c37)C1=O)c64)C(=O)N(CC(OCCCCCCCCCC)OCCCCCCCCCC)C5=O)OCCCCCCCCCC. The fourth-order valence-corrected chi connectivity index (χ4v) is 19.0. The lowest BCUT2D eigenvalue weighted by Crippen LogP contribution is -2.46. The first-order valence-corrected chi connectivity index (χ1v) is 44.3. The third-order valence-corrected chi connectivity index (χ3v) is 25.0. The van der Waals surface area contributed by atoms with Crippen LogP contribution in [0.4, 0.5) is 0 Å². The highest BCUT2D eigenvalue weighted by atomic mass is 32.1. The molecule has 15 nitrogen and oxygen atoms in total. The van der Waals surface area contributed by atoms with E-state index in [1.807, 2.05) is 25.3 Å². The summed E-state index contributed by atoms with van der Waals surface area (Å²) in [4.78, 5) is 85.5. The second-order valence-electron chi connectivity index (χ2n) is 30.6. The van der Waals surface area contributed by atoms with Gasteiger partial charge in [-0.1, -0.05) is 234 Å². The van der Waals surface area contributed by atoms with E-state index in [9.17, 15) is 0 Å². The van der Waals surface area contributed by atoms with Crippen molar-refractivity contribution in [2.24, 2.45) is 0 Å². The molecule has 0 saturated carbocycles. The fraction of sp³-hybridized carbons (Fsp3) is 0.607. The van der Waals surface area contributed by atoms with E-state index in [2.05, 4.69) is 60.6 Å². The van der Waals surface area contributed by atoms with Crippen molar-refractivity contribution in [2.75, 3.05) is 39.5 Å². The predicted octanol–water partition coefficient (Wildman–Crippen LogP) is 24.8. The lowest BCUT2D eigenvalue weighted by atomic mass is 9.82. The minimum Gasteiger partial charge on any atom is -0.351 e. The molecule has 0 bridgehead atoms. The number of aromatic nitrogens is 5. The van der Waals surface area contributed by atoms with Crippen molar-refractivity contribution in [3.05, 3.63) is 86.7 Å². The smallest absolute Gasteiger partial charge is 0.263 e. The maximum atomic E-state index is 16.0. The summed E-state index contributed by atoms with van der Waals surface area (Å²) in [5.41, 5.74) is 9.64. The molecule has 0 fully saturated rings. The van der Waals surface area contributed by atoms with Gasteiger partial charge < -0.3 is 18.9 Å². The number of carbonyl (C=O) groups is 4. The van der Waals surface area contributed by atoms with Gasteiger partial charge in [-0.3, -0.25) is 43.9 Å². The zero-order chi connectivity index (χ0) is 75.0. The van der Waals surface area contributed by atoms with Gasteiger partial charge in [-0.25, -0.2) is 0 Å². The summed E-state index contributed by atoms with van der Waals surface area (Å²) in [6, 6.07) is 8.41. The highest BCUT2D eigenvalue weighted by Crippen LogP contribution is 2.52. The molecule has 2 aliphatic rings. The van der Waals surface area contributed by atoms with E-state index >= 15 is 19.2 Å². The van der Waals surface area contributed by atoms with Crippen LogP contribution in [-0.4, -0.2) is 109 Å². The van der Waals surface area contributed by atoms with Crippen molar-refractivity contribution in [1.82, 2.24) is 33.5 Å². The summed E-state index contributed by atoms with van der Waals surface area (Å²) >= 11 is 4.59. The number of hydrogen-bond donors (Lipinski definition) is 0. The van der Waals surface area contributed by atoms with Crippen molar-refractivity contribution in [3.8, 4) is 31.5 Å². The minimum atomic E-state index is -0.839. The van der Waals surface area contributed by atoms with Gasteiger partial charge in [0.25, 0.3) is 23.6 Å². The third kappa shape index (κ3) is 19.9. The third-order valence-electron chi connectivity index (χ3n) is 22.1. The summed E-state index contributed by atoms with van der Waals surface area (Å²) in [5.74, 6) is -1.80. The maximum Gasteiger partial charge on any atom is 0.263 e. The van der Waals surface area contributed by atoms with Crippen molar-refractivity contribution in [2.45, 2.75) is 312 Å². The largest absolute Gasteiger partial charge is 0.351 e. The quantitative estimate of drug-likeness (QED) is 0.0116. The molecule has 18 heteroatoms. The summed E-state index contributed by atoms with van der Waals surface area (Å²) in [5, 5.41) is 3.66. The normalized spacial score (nSPS) is 13.4. The van der Waals surface area contributed by atoms with Crippen LogP contribution in [0, 0.1) is 13.8 Å². The van der Waals surface area contributed by atoms with Crippen LogP contribution in [0.1, 0.15) is 336 Å². The number of amides is 4. The molecule has 0 N–H and O–H groups in total. The number of unbranched alkanes of at least 4 members (excludes halogenated alkanes) is 30. The predicted molar refractivity (Wildman–Crippen MR) is 443 cm³/mol. The van der Waals surface area contributed by atoms with Crippen molar-refractivity contribution >= 4 is 112 Å². The van der Waals surface area contributed by atoms with Gasteiger partial charge in [-0.15, -0.1) is 22.7 Å². The van der Waals surface area contributed by atoms with Gasteiger partial charge in [0.2, 0.25) is 0 Å². The molecule has 11 rings (SSSR count). The molecule has 578 valence electrons. The molecule has 0 radical (unpaired) electrons. The van der Waals surface area contributed by atoms with Crippen LogP contribution < -0.4 is 0 Å². The van der Waals surface area contributed by atoms with E-state index < -0.39 is 36.2 Å². The number of carbonyl (C=O) groups excluding carboxylic acids is 4. The van der Waals surface area contributed by atoms with Crippen molar-refractivity contribution < 1.29 is 38.1 Å². The summed E-state index contributed by atoms with van der Waals surface area (Å²) < 4.78 is 36.3. The molecule has 8 heterocycles. The van der Waals surface area contributed by atoms with E-state index in [4.69, 9.17) is 42.6 Å². The average Bonchev–Trinajstić information content (AvgIpc) is 0.943. The second-order valence-corrected chi connectivity index (χ2v) is 33.4. The minimum absolute atomic E-state index is 0.0680. The molecule has 3 aromatic carbocycles. The van der Waals surface area contributed by atoms with Crippen LogP contribution in [0.25, 0.3) is 85.8 Å². The molecule has 0 atom stereocenters. The first-order valence-electron chi connectivity index (χ1n) is 42.0. The topological polar surface area (TPSA) is 176 Å². The Morgan fingerprint density at radius 3 is 1.19 bits per heavy atom. The van der Waals surface area contributed by atoms with Crippen LogP contribution in [0.2, 0.25) is 0 Å². The summed E-state index contributed by atoms with van der Waals surface area (Å²) in [7, 11) is 0. The summed E-state index contributed by atoms with van der Waals surface area (Å²) in [6.45, 7) is 19.2. The molecule has 6 aromatic heterocycles. The number of imide groups is 2. The Balaban J connectivity index is 0.998. The highest BCUT2D eigenvalue weighted by molar-refractivity contribution is 7.19. The number of hydrogen-bond acceptors (Lipinski definition) is 16. The number of benzene rings is 3. The van der Waals surface area contributed by atoms with Crippen LogP contribution in [0.5, 0.6) is 0 Å². The lowest BCUT2D eigenvalue weighted by molar-refractivity contribution is -0.148. The Labute approximate surface area is 649 Å². The molecular formula is C89H121N7O8S3. The summed E-state index contributed by atoms with van der Waals surface area (Å²) in [6.07, 6.45) is 46.3. The number of aryl methyl sites for hydroxylation is 4. The molecule has 0 spiro atoms. The Kier molecular flexibility index (Phi) is 31.8. The molecule has 0 aliphatic carbocycles. The van der Waals surface area contributed by atoms with Crippen LogP contribution in [-0.2, 0) is 31.8 Å². The Bertz CT molecular complexity index is 4340. The number of rotatable bonds is 53. The van der Waals surface area contributed by atoms with E-state index in [0.29, 0.717) is 92.0 Å². The fourth-order valence-electron chi connectivity index (χ4n) is 16.1. The number of pyridine rings is 3. The Hall–Kier alpha value is -6.25. The molecule has 107 heavy (non-hydrogen) atoms. The standard InChI is InChI=1S/C89H121N7O8S3/c1-9-15-21-25-29-33-37-41-47-101-71(102-48-42-38-34-30-26-22-16-10-2)58-95-86(97)65-51-60(7)73-77-74(65)67(88(95)99)56-91-81(77)76-64(70-53-63(46-20-14-6)84(106-70)69-57-92-83(82-79(69)93-107-94-82)85-62(45-19-13-5)52-61(8)105-85)54-66-75-68(55-90-80(73)78(75)76)89(100)96(87(66)98)59-72(103-49-43-39-35-31-27-23-17-11-3)104-50-44-40-36-32-28-24-18-12-4/h51-57,71-72H,9-50,58-59H2,1-8H3. The first kappa shape index (κ1) is 81.7. The van der Waals surface area contributed by atoms with Crippen LogP contribution in [0.15, 0.2) is 42.9 Å². The lowest BCUT2D eigenvalue weighted by Gasteiger charge is -2.32. The van der Waals surface area contributed by atoms with E-state index in [1.54, 1.807) is 35.1 Å². The molecule has 0 unspecified atom stereocenters. The first-order chi connectivity index (χ1) is 52.5. The zero-order valence-corrected chi connectivity index (χ0v) is 68.4. The Morgan fingerprint density at radius 1 is 0.346 bits per heavy atom. The molecular weight excluding hydrogens is 1390 g/mol. The second kappa shape index (κ2) is 41.7. The number of fused-ring (bicyclic) bond motifs is 3. The highest BCUT2D eigenvalue weighted by Gasteiger charge is 2.41. The van der Waals surface area contributed by atoms with E-state index in [-0.39, 0.29) is 13.1 Å². The van der Waals surface area contributed by atoms with Crippen LogP contribution >= 0.6 is 34.4 Å². The van der Waals surface area contributed by atoms with Gasteiger partial charge in [-0.2, -0.15) is 8.75 Å². The monoisotopic (exact) mass is 1510 g/mol. The van der Waals surface area contributed by atoms with Gasteiger partial charge in [0, 0.05) is 114 Å². The van der Waals surface area contributed by atoms with Crippen LogP contribution in [0.3, 0.4) is 0 Å². The zero-order valence-electron chi connectivity index (χ0n) is 65.9. The van der Waals surface area contributed by atoms with Gasteiger partial charge in [0.05, 0.1) is 51.9 Å². The van der Waals surface area contributed by atoms with Gasteiger partial charge in [0.15, 0.2) is 12.6 Å². The average molecular weight is 1510 g/mol. The maximum absolute atomic E-state index is 16.0.